The predicted molar refractivity (Wildman–Crippen MR) is 81.5 cm³/mol. The van der Waals surface area contributed by atoms with Gasteiger partial charge >= 0.3 is 0 Å². The van der Waals surface area contributed by atoms with Crippen LogP contribution in [0.15, 0.2) is 24.3 Å². The van der Waals surface area contributed by atoms with Crippen molar-refractivity contribution in [1.82, 2.24) is 0 Å². The molecule has 0 aliphatic heterocycles. The molecule has 3 atom stereocenters. The van der Waals surface area contributed by atoms with Crippen LogP contribution >= 0.6 is 0 Å². The molecule has 1 N–H and O–H groups in total. The first-order valence-corrected chi connectivity index (χ1v) is 13.4. The fourth-order valence-corrected chi connectivity index (χ4v) is 12.0. The highest BCUT2D eigenvalue weighted by Gasteiger charge is 2.48. The topological polar surface area (TPSA) is 29.5 Å². The zero-order valence-corrected chi connectivity index (χ0v) is 14.2. The maximum Gasteiger partial charge on any atom is 0.173 e. The molecule has 0 fully saturated rings. The average molecular weight is 283 g/mol. The van der Waals surface area contributed by atoms with Crippen LogP contribution in [0.5, 0.6) is 0 Å². The van der Waals surface area contributed by atoms with Gasteiger partial charge in [-0.1, -0.05) is 24.3 Å². The molecule has 0 saturated heterocycles. The van der Waals surface area contributed by atoms with Crippen molar-refractivity contribution in [3.63, 3.8) is 0 Å². The summed E-state index contributed by atoms with van der Waals surface area (Å²) in [6.45, 7) is 11.4. The van der Waals surface area contributed by atoms with Gasteiger partial charge in [-0.05, 0) is 51.1 Å². The van der Waals surface area contributed by atoms with Gasteiger partial charge in [0, 0.05) is 5.92 Å². The molecule has 0 spiro atoms. The van der Waals surface area contributed by atoms with Crippen molar-refractivity contribution in [1.29, 1.82) is 0 Å². The quantitative estimate of drug-likeness (QED) is 0.631. The SMILES string of the molecule is C[Si](C)(C)O[Si](C)(C)C[C@H]1CC=C[C@@H]2C=C[C@@]21O. The Balaban J connectivity index is 2.05. The van der Waals surface area contributed by atoms with E-state index in [2.05, 4.69) is 51.0 Å². The van der Waals surface area contributed by atoms with E-state index in [9.17, 15) is 5.11 Å². The van der Waals surface area contributed by atoms with Gasteiger partial charge in [0.25, 0.3) is 0 Å². The highest BCUT2D eigenvalue weighted by molar-refractivity contribution is 6.84. The van der Waals surface area contributed by atoms with E-state index in [4.69, 9.17) is 4.12 Å². The molecule has 18 heavy (non-hydrogen) atoms. The molecule has 0 bridgehead atoms. The van der Waals surface area contributed by atoms with Crippen molar-refractivity contribution in [2.45, 2.75) is 50.8 Å². The molecule has 0 saturated carbocycles. The van der Waals surface area contributed by atoms with Crippen LogP contribution in [0.2, 0.25) is 38.8 Å². The summed E-state index contributed by atoms with van der Waals surface area (Å²) in [6, 6.07) is 1.05. The number of aliphatic hydroxyl groups is 1. The van der Waals surface area contributed by atoms with Crippen LogP contribution in [0.25, 0.3) is 0 Å². The van der Waals surface area contributed by atoms with Crippen molar-refractivity contribution in [3.8, 4) is 0 Å². The van der Waals surface area contributed by atoms with Crippen LogP contribution < -0.4 is 0 Å². The minimum absolute atomic E-state index is 0.243. The lowest BCUT2D eigenvalue weighted by atomic mass is 9.66. The first kappa shape index (κ1) is 14.2. The second kappa shape index (κ2) is 4.44. The molecule has 2 aliphatic carbocycles. The van der Waals surface area contributed by atoms with Crippen molar-refractivity contribution >= 4 is 16.6 Å². The molecule has 2 aliphatic rings. The second-order valence-electron chi connectivity index (χ2n) is 7.31. The van der Waals surface area contributed by atoms with E-state index in [-0.39, 0.29) is 5.92 Å². The van der Waals surface area contributed by atoms with E-state index >= 15 is 0 Å². The van der Waals surface area contributed by atoms with E-state index in [1.165, 1.54) is 0 Å². The van der Waals surface area contributed by atoms with E-state index < -0.39 is 22.2 Å². The Labute approximate surface area is 113 Å². The molecule has 0 aromatic heterocycles. The molecule has 0 heterocycles. The maximum atomic E-state index is 10.7. The van der Waals surface area contributed by atoms with Crippen molar-refractivity contribution in [2.24, 2.45) is 11.8 Å². The lowest BCUT2D eigenvalue weighted by Crippen LogP contribution is -2.53. The Kier molecular flexibility index (Phi) is 3.51. The molecule has 0 amide bonds. The van der Waals surface area contributed by atoms with E-state index in [0.717, 1.165) is 12.5 Å². The third kappa shape index (κ3) is 2.87. The number of fused-ring (bicyclic) bond motifs is 1. The Morgan fingerprint density at radius 1 is 1.22 bits per heavy atom. The van der Waals surface area contributed by atoms with Gasteiger partial charge in [0.2, 0.25) is 0 Å². The summed E-state index contributed by atoms with van der Waals surface area (Å²) in [5.74, 6) is 0.587. The summed E-state index contributed by atoms with van der Waals surface area (Å²) in [7, 11) is -3.16. The van der Waals surface area contributed by atoms with Crippen LogP contribution in [0, 0.1) is 11.8 Å². The third-order valence-corrected chi connectivity index (χ3v) is 9.98. The summed E-state index contributed by atoms with van der Waals surface area (Å²) < 4.78 is 6.40. The van der Waals surface area contributed by atoms with Gasteiger partial charge < -0.3 is 9.22 Å². The molecule has 102 valence electrons. The van der Waals surface area contributed by atoms with Crippen LogP contribution in [0.4, 0.5) is 0 Å². The molecule has 0 radical (unpaired) electrons. The van der Waals surface area contributed by atoms with Crippen LogP contribution in [-0.2, 0) is 4.12 Å². The molecule has 2 rings (SSSR count). The monoisotopic (exact) mass is 282 g/mol. The summed E-state index contributed by atoms with van der Waals surface area (Å²) >= 11 is 0. The fourth-order valence-electron chi connectivity index (χ4n) is 3.32. The minimum Gasteiger partial charge on any atom is -0.456 e. The van der Waals surface area contributed by atoms with Gasteiger partial charge in [-0.15, -0.1) is 0 Å². The molecule has 0 aromatic carbocycles. The Bertz CT molecular complexity index is 382. The van der Waals surface area contributed by atoms with Gasteiger partial charge in [-0.2, -0.15) is 0 Å². The molecule has 0 unspecified atom stereocenters. The van der Waals surface area contributed by atoms with E-state index in [0.29, 0.717) is 5.92 Å². The van der Waals surface area contributed by atoms with Crippen LogP contribution in [0.1, 0.15) is 6.42 Å². The highest BCUT2D eigenvalue weighted by Crippen LogP contribution is 2.46. The summed E-state index contributed by atoms with van der Waals surface area (Å²) in [5.41, 5.74) is -0.582. The van der Waals surface area contributed by atoms with Gasteiger partial charge in [-0.25, -0.2) is 0 Å². The second-order valence-corrected chi connectivity index (χ2v) is 16.3. The molecule has 2 nitrogen and oxygen atoms in total. The number of rotatable bonds is 4. The van der Waals surface area contributed by atoms with E-state index in [1.807, 2.05) is 6.08 Å². The Morgan fingerprint density at radius 2 is 1.89 bits per heavy atom. The molecular weight excluding hydrogens is 256 g/mol. The zero-order valence-electron chi connectivity index (χ0n) is 12.2. The fraction of sp³-hybridized carbons (Fsp3) is 0.714. The van der Waals surface area contributed by atoms with Gasteiger partial charge in [0.15, 0.2) is 16.6 Å². The Hall–Kier alpha value is -0.166. The number of allylic oxidation sites excluding steroid dienone is 1. The first-order valence-electron chi connectivity index (χ1n) is 6.91. The minimum atomic E-state index is -1.68. The maximum absolute atomic E-state index is 10.7. The summed E-state index contributed by atoms with van der Waals surface area (Å²) in [6.07, 6.45) is 9.46. The van der Waals surface area contributed by atoms with Gasteiger partial charge in [-0.3, -0.25) is 0 Å². The third-order valence-electron chi connectivity index (χ3n) is 3.84. The van der Waals surface area contributed by atoms with Crippen LogP contribution in [0.3, 0.4) is 0 Å². The first-order chi connectivity index (χ1) is 8.12. The number of hydrogen-bond donors (Lipinski definition) is 1. The normalized spacial score (nSPS) is 35.2. The average Bonchev–Trinajstić information content (AvgIpc) is 2.13. The van der Waals surface area contributed by atoms with Gasteiger partial charge in [0.05, 0.1) is 5.60 Å². The van der Waals surface area contributed by atoms with Crippen LogP contribution in [-0.4, -0.2) is 27.3 Å². The lowest BCUT2D eigenvalue weighted by molar-refractivity contribution is -0.0122. The van der Waals surface area contributed by atoms with Gasteiger partial charge in [0.1, 0.15) is 0 Å². The molecular formula is C14H26O2Si2. The molecule has 4 heteroatoms. The summed E-state index contributed by atoms with van der Waals surface area (Å²) in [4.78, 5) is 0. The molecule has 0 aromatic rings. The van der Waals surface area contributed by atoms with Crippen molar-refractivity contribution in [3.05, 3.63) is 24.3 Å². The predicted octanol–water partition coefficient (Wildman–Crippen LogP) is 3.54. The number of hydrogen-bond acceptors (Lipinski definition) is 2. The smallest absolute Gasteiger partial charge is 0.173 e. The van der Waals surface area contributed by atoms with Crippen molar-refractivity contribution < 1.29 is 9.22 Å². The lowest BCUT2D eigenvalue weighted by Gasteiger charge is -2.48. The largest absolute Gasteiger partial charge is 0.456 e. The summed E-state index contributed by atoms with van der Waals surface area (Å²) in [5, 5.41) is 10.7. The highest BCUT2D eigenvalue weighted by atomic mass is 28.4. The van der Waals surface area contributed by atoms with Crippen molar-refractivity contribution in [2.75, 3.05) is 0 Å². The standard InChI is InChI=1S/C14H26O2Si2/c1-17(2,3)16-18(4,5)11-13-8-6-7-12-9-10-14(12,13)15/h6-7,9-10,12-13,15H,8,11H2,1-5H3/t12-,13-,14-/m1/s1. The zero-order chi connectivity index (χ0) is 13.6. The van der Waals surface area contributed by atoms with E-state index in [1.54, 1.807) is 0 Å². The Morgan fingerprint density at radius 3 is 2.39 bits per heavy atom.